The summed E-state index contributed by atoms with van der Waals surface area (Å²) in [5.74, 6) is 0.0330. The molecule has 0 amide bonds. The van der Waals surface area contributed by atoms with Crippen LogP contribution in [-0.2, 0) is 0 Å². The van der Waals surface area contributed by atoms with Crippen molar-refractivity contribution < 1.29 is 4.79 Å². The van der Waals surface area contributed by atoms with Gasteiger partial charge in [0.2, 0.25) is 0 Å². The molecule has 0 bridgehead atoms. The average Bonchev–Trinajstić information content (AvgIpc) is 2.74. The van der Waals surface area contributed by atoms with Gasteiger partial charge in [0.15, 0.2) is 0 Å². The number of hydrogen-bond donors (Lipinski definition) is 0. The number of carbonyl (C=O) groups is 1. The van der Waals surface area contributed by atoms with Gasteiger partial charge in [0.1, 0.15) is 5.52 Å². The van der Waals surface area contributed by atoms with Crippen molar-refractivity contribution in [1.82, 2.24) is 15.0 Å². The van der Waals surface area contributed by atoms with E-state index in [2.05, 4.69) is 26.2 Å². The predicted molar refractivity (Wildman–Crippen MR) is 63.6 cm³/mol. The van der Waals surface area contributed by atoms with Gasteiger partial charge < -0.3 is 0 Å². The van der Waals surface area contributed by atoms with Gasteiger partial charge in [0, 0.05) is 4.32 Å². The molecule has 16 heavy (non-hydrogen) atoms. The third kappa shape index (κ3) is 1.38. The summed E-state index contributed by atoms with van der Waals surface area (Å²) in [5.41, 5.74) is 1.54. The molecule has 5 heteroatoms. The molecule has 4 nitrogen and oxygen atoms in total. The largest absolute Gasteiger partial charge is 0.272 e. The molecule has 82 valence electrons. The van der Waals surface area contributed by atoms with Crippen molar-refractivity contribution in [2.45, 2.75) is 17.7 Å². The first kappa shape index (κ1) is 9.96. The van der Waals surface area contributed by atoms with Gasteiger partial charge in [-0.3, -0.25) is 4.79 Å². The molecule has 0 radical (unpaired) electrons. The predicted octanol–water partition coefficient (Wildman–Crippen LogP) is 2.25. The number of nitrogens with zero attached hydrogens (tertiary/aromatic N) is 3. The van der Waals surface area contributed by atoms with Gasteiger partial charge in [0.05, 0.1) is 11.4 Å². The number of halogens is 1. The van der Waals surface area contributed by atoms with Crippen LogP contribution in [0.25, 0.3) is 11.0 Å². The molecule has 1 heterocycles. The van der Waals surface area contributed by atoms with Gasteiger partial charge in [-0.25, -0.2) is 0 Å². The van der Waals surface area contributed by atoms with Crippen LogP contribution in [0.4, 0.5) is 0 Å². The SMILES string of the molecule is CC1(Br)CC1C(=O)n1nnc2ccccc21. The van der Waals surface area contributed by atoms with E-state index < -0.39 is 0 Å². The molecule has 3 rings (SSSR count). The Morgan fingerprint density at radius 1 is 1.56 bits per heavy atom. The van der Waals surface area contributed by atoms with E-state index in [9.17, 15) is 4.79 Å². The van der Waals surface area contributed by atoms with Crippen LogP contribution >= 0.6 is 15.9 Å². The molecule has 0 N–H and O–H groups in total. The molecule has 1 saturated carbocycles. The van der Waals surface area contributed by atoms with Crippen molar-refractivity contribution in [2.24, 2.45) is 5.92 Å². The van der Waals surface area contributed by atoms with Crippen LogP contribution in [0.3, 0.4) is 0 Å². The third-order valence-electron chi connectivity index (χ3n) is 3.03. The second-order valence-electron chi connectivity index (χ2n) is 4.36. The van der Waals surface area contributed by atoms with Gasteiger partial charge in [-0.15, -0.1) is 5.10 Å². The lowest BCUT2D eigenvalue weighted by molar-refractivity contribution is 0.0870. The Hall–Kier alpha value is -1.23. The summed E-state index contributed by atoms with van der Waals surface area (Å²) in [6, 6.07) is 7.49. The quantitative estimate of drug-likeness (QED) is 0.753. The maximum absolute atomic E-state index is 12.1. The summed E-state index contributed by atoms with van der Waals surface area (Å²) in [5, 5.41) is 7.89. The number of alkyl halides is 1. The van der Waals surface area contributed by atoms with Crippen molar-refractivity contribution in [3.8, 4) is 0 Å². The van der Waals surface area contributed by atoms with Crippen LogP contribution in [0, 0.1) is 5.92 Å². The van der Waals surface area contributed by atoms with E-state index in [1.54, 1.807) is 0 Å². The second-order valence-corrected chi connectivity index (χ2v) is 6.17. The van der Waals surface area contributed by atoms with Gasteiger partial charge in [0.25, 0.3) is 5.91 Å². The topological polar surface area (TPSA) is 47.8 Å². The molecule has 2 unspecified atom stereocenters. The zero-order valence-corrected chi connectivity index (χ0v) is 10.3. The van der Waals surface area contributed by atoms with E-state index in [0.29, 0.717) is 0 Å². The van der Waals surface area contributed by atoms with E-state index in [-0.39, 0.29) is 16.1 Å². The standard InChI is InChI=1S/C11H10BrN3O/c1-11(12)6-7(11)10(16)15-9-5-3-2-4-8(9)13-14-15/h2-5,7H,6H2,1H3. The van der Waals surface area contributed by atoms with E-state index >= 15 is 0 Å². The Kier molecular flexibility index (Phi) is 1.95. The number of hydrogen-bond acceptors (Lipinski definition) is 3. The average molecular weight is 280 g/mol. The number of carbonyl (C=O) groups excluding carboxylic acids is 1. The molecule has 1 fully saturated rings. The highest BCUT2D eigenvalue weighted by Crippen LogP contribution is 2.51. The summed E-state index contributed by atoms with van der Waals surface area (Å²) >= 11 is 3.52. The van der Waals surface area contributed by atoms with Crippen LogP contribution in [0.15, 0.2) is 24.3 Å². The summed E-state index contributed by atoms with van der Waals surface area (Å²) < 4.78 is 1.35. The van der Waals surface area contributed by atoms with Gasteiger partial charge >= 0.3 is 0 Å². The molecule has 0 aliphatic heterocycles. The highest BCUT2D eigenvalue weighted by molar-refractivity contribution is 9.10. The highest BCUT2D eigenvalue weighted by atomic mass is 79.9. The summed E-state index contributed by atoms with van der Waals surface area (Å²) in [7, 11) is 0. The molecule has 2 atom stereocenters. The smallest absolute Gasteiger partial charge is 0.253 e. The van der Waals surface area contributed by atoms with E-state index in [1.807, 2.05) is 31.2 Å². The highest BCUT2D eigenvalue weighted by Gasteiger charge is 2.53. The summed E-state index contributed by atoms with van der Waals surface area (Å²) in [6.45, 7) is 2.02. The van der Waals surface area contributed by atoms with Gasteiger partial charge in [-0.05, 0) is 25.5 Å². The fourth-order valence-corrected chi connectivity index (χ4v) is 2.38. The normalized spacial score (nSPS) is 28.2. The van der Waals surface area contributed by atoms with E-state index in [4.69, 9.17) is 0 Å². The first-order valence-corrected chi connectivity index (χ1v) is 5.92. The van der Waals surface area contributed by atoms with Crippen molar-refractivity contribution in [3.05, 3.63) is 24.3 Å². The van der Waals surface area contributed by atoms with Crippen molar-refractivity contribution >= 4 is 32.9 Å². The number of para-hydroxylation sites is 1. The molecule has 1 aromatic heterocycles. The fraction of sp³-hybridized carbons (Fsp3) is 0.364. The lowest BCUT2D eigenvalue weighted by Crippen LogP contribution is -2.17. The van der Waals surface area contributed by atoms with E-state index in [1.165, 1.54) is 4.68 Å². The van der Waals surface area contributed by atoms with Crippen molar-refractivity contribution in [3.63, 3.8) is 0 Å². The lowest BCUT2D eigenvalue weighted by atomic mass is 10.3. The molecule has 1 aromatic carbocycles. The minimum Gasteiger partial charge on any atom is -0.272 e. The lowest BCUT2D eigenvalue weighted by Gasteiger charge is -2.01. The molecule has 0 spiro atoms. The Morgan fingerprint density at radius 2 is 2.25 bits per heavy atom. The Labute approximate surface area is 101 Å². The second kappa shape index (κ2) is 3.13. The van der Waals surface area contributed by atoms with Crippen LogP contribution in [0.5, 0.6) is 0 Å². The van der Waals surface area contributed by atoms with Crippen LogP contribution in [-0.4, -0.2) is 25.2 Å². The van der Waals surface area contributed by atoms with Crippen molar-refractivity contribution in [2.75, 3.05) is 0 Å². The first-order valence-electron chi connectivity index (χ1n) is 5.13. The number of fused-ring (bicyclic) bond motifs is 1. The van der Waals surface area contributed by atoms with Crippen LogP contribution in [0.1, 0.15) is 18.1 Å². The third-order valence-corrected chi connectivity index (χ3v) is 3.90. The maximum atomic E-state index is 12.1. The molecular formula is C11H10BrN3O. The molecule has 2 aromatic rings. The van der Waals surface area contributed by atoms with Crippen molar-refractivity contribution in [1.29, 1.82) is 0 Å². The van der Waals surface area contributed by atoms with Gasteiger partial charge in [-0.1, -0.05) is 33.3 Å². The first-order chi connectivity index (χ1) is 7.59. The number of aromatic nitrogens is 3. The minimum atomic E-state index is -0.0584. The van der Waals surface area contributed by atoms with Crippen LogP contribution < -0.4 is 0 Å². The zero-order chi connectivity index (χ0) is 11.3. The molecular weight excluding hydrogens is 270 g/mol. The fourth-order valence-electron chi connectivity index (χ4n) is 1.86. The van der Waals surface area contributed by atoms with E-state index in [0.717, 1.165) is 17.5 Å². The van der Waals surface area contributed by atoms with Crippen LogP contribution in [0.2, 0.25) is 0 Å². The summed E-state index contributed by atoms with van der Waals surface area (Å²) in [6.07, 6.45) is 0.861. The van der Waals surface area contributed by atoms with Gasteiger partial charge in [-0.2, -0.15) is 4.68 Å². The Morgan fingerprint density at radius 3 is 2.94 bits per heavy atom. The zero-order valence-electron chi connectivity index (χ0n) is 8.72. The number of benzene rings is 1. The Balaban J connectivity index is 2.04. The number of rotatable bonds is 1. The molecule has 1 aliphatic rings. The Bertz CT molecular complexity index is 575. The maximum Gasteiger partial charge on any atom is 0.253 e. The monoisotopic (exact) mass is 279 g/mol. The molecule has 1 aliphatic carbocycles. The summed E-state index contributed by atoms with van der Waals surface area (Å²) in [4.78, 5) is 12.1. The molecule has 0 saturated heterocycles. The minimum absolute atomic E-state index is 0.0117.